The average molecular weight is 242 g/mol. The molecule has 0 amide bonds. The standard InChI is InChI=1S/C16H23BO/c1-2-7-14(8-3-1)13-18-17-12-6-10-15-9-4-5-11-16(15)17/h1-3,7-8,15-16H,4-6,9-13H2/t15-,16+/m0/s1. The molecule has 18 heavy (non-hydrogen) atoms. The van der Waals surface area contributed by atoms with Gasteiger partial charge in [0.05, 0.1) is 6.61 Å². The monoisotopic (exact) mass is 242 g/mol. The number of hydrogen-bond donors (Lipinski definition) is 0. The Kier molecular flexibility index (Phi) is 4.04. The summed E-state index contributed by atoms with van der Waals surface area (Å²) in [7, 11) is 0. The molecule has 3 rings (SSSR count). The maximum absolute atomic E-state index is 6.24. The molecule has 1 saturated heterocycles. The second-order valence-electron chi connectivity index (χ2n) is 5.97. The topological polar surface area (TPSA) is 9.23 Å². The summed E-state index contributed by atoms with van der Waals surface area (Å²) in [5, 5.41) is 0. The zero-order valence-corrected chi connectivity index (χ0v) is 11.2. The van der Waals surface area contributed by atoms with E-state index in [0.29, 0.717) is 6.92 Å². The van der Waals surface area contributed by atoms with Gasteiger partial charge in [-0.2, -0.15) is 0 Å². The van der Waals surface area contributed by atoms with Gasteiger partial charge in [-0.05, 0) is 23.6 Å². The van der Waals surface area contributed by atoms with E-state index in [-0.39, 0.29) is 0 Å². The molecule has 96 valence electrons. The van der Waals surface area contributed by atoms with E-state index in [2.05, 4.69) is 30.3 Å². The van der Waals surface area contributed by atoms with Crippen LogP contribution in [0.5, 0.6) is 0 Å². The Bertz CT molecular complexity index is 363. The normalized spacial score (nSPS) is 27.9. The van der Waals surface area contributed by atoms with Crippen LogP contribution >= 0.6 is 0 Å². The van der Waals surface area contributed by atoms with Crippen molar-refractivity contribution in [3.05, 3.63) is 35.9 Å². The van der Waals surface area contributed by atoms with Crippen LogP contribution in [0.1, 0.15) is 44.1 Å². The SMILES string of the molecule is c1ccc(COB2CCC[C@@H]3CCCC[C@@H]23)cc1. The smallest absolute Gasteiger partial charge is 0.296 e. The second kappa shape index (κ2) is 5.92. The molecule has 1 aliphatic carbocycles. The highest BCUT2D eigenvalue weighted by atomic mass is 16.4. The summed E-state index contributed by atoms with van der Waals surface area (Å²) in [5.74, 6) is 1.82. The predicted octanol–water partition coefficient (Wildman–Crippen LogP) is 4.55. The van der Waals surface area contributed by atoms with Gasteiger partial charge in [-0.3, -0.25) is 0 Å². The van der Waals surface area contributed by atoms with Gasteiger partial charge in [-0.25, -0.2) is 0 Å². The average Bonchev–Trinajstić information content (AvgIpc) is 2.46. The molecule has 1 aromatic carbocycles. The van der Waals surface area contributed by atoms with Crippen molar-refractivity contribution < 1.29 is 4.65 Å². The summed E-state index contributed by atoms with van der Waals surface area (Å²) in [4.78, 5) is 0. The fourth-order valence-corrected chi connectivity index (χ4v) is 3.86. The molecule has 0 spiro atoms. The highest BCUT2D eigenvalue weighted by Crippen LogP contribution is 2.44. The van der Waals surface area contributed by atoms with Crippen molar-refractivity contribution in [1.82, 2.24) is 0 Å². The van der Waals surface area contributed by atoms with Crippen LogP contribution in [0.25, 0.3) is 0 Å². The van der Waals surface area contributed by atoms with E-state index in [0.717, 1.165) is 18.3 Å². The zero-order valence-electron chi connectivity index (χ0n) is 11.2. The Morgan fingerprint density at radius 3 is 2.67 bits per heavy atom. The molecule has 1 nitrogen and oxygen atoms in total. The van der Waals surface area contributed by atoms with Crippen LogP contribution in [0.3, 0.4) is 0 Å². The molecule has 2 atom stereocenters. The molecule has 0 radical (unpaired) electrons. The van der Waals surface area contributed by atoms with E-state index in [1.807, 2.05) is 0 Å². The van der Waals surface area contributed by atoms with Gasteiger partial charge in [0, 0.05) is 0 Å². The molecule has 2 fully saturated rings. The lowest BCUT2D eigenvalue weighted by molar-refractivity contribution is 0.240. The molecule has 1 saturated carbocycles. The number of rotatable bonds is 3. The molecule has 0 N–H and O–H groups in total. The first-order chi connectivity index (χ1) is 8.93. The van der Waals surface area contributed by atoms with Gasteiger partial charge in [-0.15, -0.1) is 0 Å². The first-order valence-electron chi connectivity index (χ1n) is 7.59. The second-order valence-corrected chi connectivity index (χ2v) is 5.97. The molecule has 1 aliphatic heterocycles. The van der Waals surface area contributed by atoms with E-state index >= 15 is 0 Å². The van der Waals surface area contributed by atoms with Crippen LogP contribution in [0, 0.1) is 5.92 Å². The quantitative estimate of drug-likeness (QED) is 0.706. The van der Waals surface area contributed by atoms with Crippen molar-refractivity contribution in [3.63, 3.8) is 0 Å². The Morgan fingerprint density at radius 1 is 1.00 bits per heavy atom. The number of fused-ring (bicyclic) bond motifs is 1. The van der Waals surface area contributed by atoms with Crippen LogP contribution in [-0.4, -0.2) is 6.92 Å². The summed E-state index contributed by atoms with van der Waals surface area (Å²) in [6.45, 7) is 1.33. The lowest BCUT2D eigenvalue weighted by Crippen LogP contribution is -2.35. The minimum absolute atomic E-state index is 0.532. The van der Waals surface area contributed by atoms with E-state index in [9.17, 15) is 0 Å². The van der Waals surface area contributed by atoms with Gasteiger partial charge in [0.1, 0.15) is 0 Å². The summed E-state index contributed by atoms with van der Waals surface area (Å²) in [6.07, 6.45) is 9.85. The maximum atomic E-state index is 6.24. The third-order valence-corrected chi connectivity index (χ3v) is 4.82. The minimum atomic E-state index is 0.532. The Balaban J connectivity index is 1.58. The van der Waals surface area contributed by atoms with E-state index in [1.165, 1.54) is 50.4 Å². The molecule has 2 aliphatic rings. The van der Waals surface area contributed by atoms with Gasteiger partial charge in [0.2, 0.25) is 0 Å². The first kappa shape index (κ1) is 12.3. The summed E-state index contributed by atoms with van der Waals surface area (Å²) < 4.78 is 6.24. The van der Waals surface area contributed by atoms with E-state index < -0.39 is 0 Å². The van der Waals surface area contributed by atoms with Crippen molar-refractivity contribution in [2.24, 2.45) is 5.92 Å². The molecule has 2 heteroatoms. The lowest BCUT2D eigenvalue weighted by Gasteiger charge is -2.39. The molecule has 0 unspecified atom stereocenters. The van der Waals surface area contributed by atoms with Crippen LogP contribution in [0.2, 0.25) is 12.1 Å². The number of hydrogen-bond acceptors (Lipinski definition) is 1. The molecule has 0 bridgehead atoms. The van der Waals surface area contributed by atoms with E-state index in [1.54, 1.807) is 0 Å². The zero-order chi connectivity index (χ0) is 12.2. The fourth-order valence-electron chi connectivity index (χ4n) is 3.86. The Labute approximate surface area is 111 Å². The van der Waals surface area contributed by atoms with Crippen molar-refractivity contribution in [1.29, 1.82) is 0 Å². The Hall–Kier alpha value is -0.755. The van der Waals surface area contributed by atoms with Gasteiger partial charge < -0.3 is 4.65 Å². The van der Waals surface area contributed by atoms with Gasteiger partial charge in [0.15, 0.2) is 0 Å². The largest absolute Gasteiger partial charge is 0.432 e. The lowest BCUT2D eigenvalue weighted by atomic mass is 9.42. The van der Waals surface area contributed by atoms with E-state index in [4.69, 9.17) is 4.65 Å². The maximum Gasteiger partial charge on any atom is 0.296 e. The first-order valence-corrected chi connectivity index (χ1v) is 7.59. The molecule has 1 heterocycles. The molecule has 1 aromatic rings. The summed E-state index contributed by atoms with van der Waals surface area (Å²) in [6, 6.07) is 10.6. The third kappa shape index (κ3) is 2.80. The van der Waals surface area contributed by atoms with Crippen LogP contribution in [-0.2, 0) is 11.3 Å². The van der Waals surface area contributed by atoms with Crippen LogP contribution in [0.4, 0.5) is 0 Å². The minimum Gasteiger partial charge on any atom is -0.432 e. The molecule has 0 aromatic heterocycles. The summed E-state index contributed by atoms with van der Waals surface area (Å²) in [5.41, 5.74) is 1.32. The molecular formula is C16H23BO. The third-order valence-electron chi connectivity index (χ3n) is 4.82. The van der Waals surface area contributed by atoms with Crippen molar-refractivity contribution in [2.45, 2.75) is 57.3 Å². The highest BCUT2D eigenvalue weighted by Gasteiger charge is 2.38. The van der Waals surface area contributed by atoms with Gasteiger partial charge in [-0.1, -0.05) is 68.9 Å². The highest BCUT2D eigenvalue weighted by molar-refractivity contribution is 6.54. The van der Waals surface area contributed by atoms with Crippen LogP contribution < -0.4 is 0 Å². The fraction of sp³-hybridized carbons (Fsp3) is 0.625. The number of benzene rings is 1. The van der Waals surface area contributed by atoms with Gasteiger partial charge in [0.25, 0.3) is 6.92 Å². The van der Waals surface area contributed by atoms with Crippen molar-refractivity contribution in [3.8, 4) is 0 Å². The molecular weight excluding hydrogens is 219 g/mol. The van der Waals surface area contributed by atoms with Crippen molar-refractivity contribution >= 4 is 6.92 Å². The van der Waals surface area contributed by atoms with Gasteiger partial charge >= 0.3 is 0 Å². The van der Waals surface area contributed by atoms with Crippen LogP contribution in [0.15, 0.2) is 30.3 Å². The summed E-state index contributed by atoms with van der Waals surface area (Å²) >= 11 is 0. The predicted molar refractivity (Wildman–Crippen MR) is 76.7 cm³/mol. The van der Waals surface area contributed by atoms with Crippen molar-refractivity contribution in [2.75, 3.05) is 0 Å². The Morgan fingerprint density at radius 2 is 1.78 bits per heavy atom.